The minimum absolute atomic E-state index is 0.0796. The number of carbonyl (C=O) groups excluding carboxylic acids is 1. The summed E-state index contributed by atoms with van der Waals surface area (Å²) in [5.41, 5.74) is 2.52. The summed E-state index contributed by atoms with van der Waals surface area (Å²) in [5, 5.41) is 4.09. The molecule has 8 nitrogen and oxygen atoms in total. The molecule has 8 heteroatoms. The number of aromatic nitrogens is 1. The van der Waals surface area contributed by atoms with Crippen LogP contribution in [0.1, 0.15) is 71.1 Å². The number of hydrogen-bond donors (Lipinski definition) is 1. The van der Waals surface area contributed by atoms with E-state index in [2.05, 4.69) is 42.9 Å². The molecule has 1 saturated carbocycles. The molecule has 0 unspecified atom stereocenters. The summed E-state index contributed by atoms with van der Waals surface area (Å²) in [5.74, 6) is 1.72. The number of pyridine rings is 1. The highest BCUT2D eigenvalue weighted by atomic mass is 16.5. The lowest BCUT2D eigenvalue weighted by atomic mass is 10.1. The summed E-state index contributed by atoms with van der Waals surface area (Å²) in [6.07, 6.45) is 7.18. The number of aryl methyl sites for hydroxylation is 2. The molecule has 0 aliphatic heterocycles. The highest BCUT2D eigenvalue weighted by Gasteiger charge is 2.18. The Morgan fingerprint density at radius 3 is 2.47 bits per heavy atom. The molecular weight excluding hydrogens is 542 g/mol. The zero-order valence-corrected chi connectivity index (χ0v) is 25.9. The van der Waals surface area contributed by atoms with E-state index in [1.165, 1.54) is 12.8 Å². The smallest absolute Gasteiger partial charge is 0.220 e. The van der Waals surface area contributed by atoms with E-state index >= 15 is 0 Å². The summed E-state index contributed by atoms with van der Waals surface area (Å²) < 4.78 is 18.5. The number of hydrogen-bond acceptors (Lipinski definition) is 7. The Morgan fingerprint density at radius 1 is 1.02 bits per heavy atom. The average molecular weight is 586 g/mol. The Morgan fingerprint density at radius 2 is 1.77 bits per heavy atom. The highest BCUT2D eigenvalue weighted by molar-refractivity contribution is 5.93. The SMILES string of the molecule is Cc1cc(OCCN(C(C)C)C(C)C)c2oc3cc(Oc4ccc(CCC(=O)NC5CCCC5)nc4)ccc3c(=O)c2c1. The van der Waals surface area contributed by atoms with Crippen molar-refractivity contribution in [3.8, 4) is 17.2 Å². The van der Waals surface area contributed by atoms with Crippen molar-refractivity contribution >= 4 is 27.8 Å². The van der Waals surface area contributed by atoms with Crippen molar-refractivity contribution in [1.82, 2.24) is 15.2 Å². The minimum atomic E-state index is -0.106. The second-order valence-electron chi connectivity index (χ2n) is 12.1. The Labute approximate surface area is 253 Å². The van der Waals surface area contributed by atoms with Gasteiger partial charge in [0.05, 0.1) is 17.0 Å². The molecule has 5 rings (SSSR count). The molecule has 0 radical (unpaired) electrons. The Bertz CT molecular complexity index is 1610. The first-order chi connectivity index (χ1) is 20.7. The van der Waals surface area contributed by atoms with Crippen LogP contribution >= 0.6 is 0 Å². The zero-order valence-electron chi connectivity index (χ0n) is 25.9. The van der Waals surface area contributed by atoms with E-state index in [1.54, 1.807) is 24.4 Å². The lowest BCUT2D eigenvalue weighted by molar-refractivity contribution is -0.121. The van der Waals surface area contributed by atoms with Crippen LogP contribution in [0.3, 0.4) is 0 Å². The molecule has 0 bridgehead atoms. The van der Waals surface area contributed by atoms with Crippen molar-refractivity contribution < 1.29 is 18.7 Å². The largest absolute Gasteiger partial charge is 0.488 e. The fourth-order valence-corrected chi connectivity index (χ4v) is 5.95. The van der Waals surface area contributed by atoms with Gasteiger partial charge in [-0.05, 0) is 95.8 Å². The van der Waals surface area contributed by atoms with Crippen LogP contribution in [0.25, 0.3) is 21.9 Å². The van der Waals surface area contributed by atoms with Gasteiger partial charge in [0.15, 0.2) is 11.3 Å². The first-order valence-corrected chi connectivity index (χ1v) is 15.5. The molecule has 2 aromatic carbocycles. The number of fused-ring (bicyclic) bond motifs is 2. The highest BCUT2D eigenvalue weighted by Crippen LogP contribution is 2.31. The predicted molar refractivity (Wildman–Crippen MR) is 170 cm³/mol. The van der Waals surface area contributed by atoms with Gasteiger partial charge in [0, 0.05) is 42.9 Å². The number of nitrogens with zero attached hydrogens (tertiary/aromatic N) is 2. The van der Waals surface area contributed by atoms with E-state index in [0.29, 0.717) is 76.8 Å². The van der Waals surface area contributed by atoms with Gasteiger partial charge in [0.25, 0.3) is 0 Å². The maximum absolute atomic E-state index is 13.5. The number of amides is 1. The van der Waals surface area contributed by atoms with Crippen LogP contribution in [0.4, 0.5) is 0 Å². The van der Waals surface area contributed by atoms with Crippen LogP contribution in [0.5, 0.6) is 17.2 Å². The standard InChI is InChI=1S/C35H43N3O5/c1-22(2)38(23(3)4)16-17-41-32-19-24(5)18-30-34(40)29-14-13-27(20-31(29)43-35(30)32)42-28-12-10-25(36-21-28)11-15-33(39)37-26-8-6-7-9-26/h10,12-14,18-23,26H,6-9,11,15-17H2,1-5H3,(H,37,39). The zero-order chi connectivity index (χ0) is 30.5. The molecule has 4 aromatic rings. The molecule has 1 aliphatic carbocycles. The van der Waals surface area contributed by atoms with Crippen molar-refractivity contribution in [2.45, 2.75) is 91.3 Å². The van der Waals surface area contributed by atoms with Gasteiger partial charge in [-0.25, -0.2) is 0 Å². The molecule has 0 spiro atoms. The fourth-order valence-electron chi connectivity index (χ4n) is 5.95. The molecule has 1 N–H and O–H groups in total. The Hall–Kier alpha value is -3.91. The second kappa shape index (κ2) is 13.6. The number of rotatable bonds is 12. The van der Waals surface area contributed by atoms with Gasteiger partial charge < -0.3 is 19.2 Å². The van der Waals surface area contributed by atoms with Gasteiger partial charge in [-0.1, -0.05) is 12.8 Å². The monoisotopic (exact) mass is 585 g/mol. The van der Waals surface area contributed by atoms with Gasteiger partial charge >= 0.3 is 0 Å². The molecule has 43 heavy (non-hydrogen) atoms. The van der Waals surface area contributed by atoms with Crippen LogP contribution in [0.2, 0.25) is 0 Å². The number of benzene rings is 2. The Balaban J connectivity index is 1.29. The third-order valence-corrected chi connectivity index (χ3v) is 8.15. The van der Waals surface area contributed by atoms with Gasteiger partial charge in [0.1, 0.15) is 23.7 Å². The molecule has 0 saturated heterocycles. The number of nitrogens with one attached hydrogen (secondary N) is 1. The van der Waals surface area contributed by atoms with Crippen molar-refractivity contribution in [2.75, 3.05) is 13.2 Å². The molecule has 0 atom stereocenters. The Kier molecular flexibility index (Phi) is 9.65. The van der Waals surface area contributed by atoms with Crippen molar-refractivity contribution in [3.05, 3.63) is 70.1 Å². The molecule has 2 aromatic heterocycles. The number of carbonyl (C=O) groups is 1. The summed E-state index contributed by atoms with van der Waals surface area (Å²) in [6, 6.07) is 13.8. The fraction of sp³-hybridized carbons (Fsp3) is 0.457. The van der Waals surface area contributed by atoms with Crippen LogP contribution in [-0.4, -0.2) is 47.1 Å². The van der Waals surface area contributed by atoms with Crippen LogP contribution < -0.4 is 20.2 Å². The van der Waals surface area contributed by atoms with Crippen LogP contribution in [-0.2, 0) is 11.2 Å². The second-order valence-corrected chi connectivity index (χ2v) is 12.1. The van der Waals surface area contributed by atoms with Gasteiger partial charge in [-0.2, -0.15) is 0 Å². The van der Waals surface area contributed by atoms with Crippen molar-refractivity contribution in [3.63, 3.8) is 0 Å². The maximum atomic E-state index is 13.5. The topological polar surface area (TPSA) is 93.9 Å². The third-order valence-electron chi connectivity index (χ3n) is 8.15. The molecule has 1 fully saturated rings. The predicted octanol–water partition coefficient (Wildman–Crippen LogP) is 6.93. The number of ether oxygens (including phenoxy) is 2. The van der Waals surface area contributed by atoms with Crippen LogP contribution in [0, 0.1) is 6.92 Å². The summed E-state index contributed by atoms with van der Waals surface area (Å²) in [4.78, 5) is 32.6. The van der Waals surface area contributed by atoms with Crippen LogP contribution in [0.15, 0.2) is 57.9 Å². The summed E-state index contributed by atoms with van der Waals surface area (Å²) in [6.45, 7) is 11.9. The first-order valence-electron chi connectivity index (χ1n) is 15.5. The van der Waals surface area contributed by atoms with Gasteiger partial charge in [-0.3, -0.25) is 19.5 Å². The van der Waals surface area contributed by atoms with Gasteiger partial charge in [-0.15, -0.1) is 0 Å². The van der Waals surface area contributed by atoms with E-state index in [-0.39, 0.29) is 11.3 Å². The summed E-state index contributed by atoms with van der Waals surface area (Å²) >= 11 is 0. The van der Waals surface area contributed by atoms with E-state index in [9.17, 15) is 9.59 Å². The lowest BCUT2D eigenvalue weighted by Gasteiger charge is -2.30. The van der Waals surface area contributed by atoms with E-state index < -0.39 is 0 Å². The van der Waals surface area contributed by atoms with E-state index in [1.807, 2.05) is 31.2 Å². The quantitative estimate of drug-likeness (QED) is 0.180. The molecule has 2 heterocycles. The molecule has 228 valence electrons. The van der Waals surface area contributed by atoms with Gasteiger partial charge in [0.2, 0.25) is 11.3 Å². The van der Waals surface area contributed by atoms with E-state index in [0.717, 1.165) is 30.6 Å². The van der Waals surface area contributed by atoms with Crippen molar-refractivity contribution in [1.29, 1.82) is 0 Å². The minimum Gasteiger partial charge on any atom is -0.488 e. The third kappa shape index (κ3) is 7.54. The first kappa shape index (κ1) is 30.5. The maximum Gasteiger partial charge on any atom is 0.220 e. The normalized spacial score (nSPS) is 14.0. The summed E-state index contributed by atoms with van der Waals surface area (Å²) in [7, 11) is 0. The van der Waals surface area contributed by atoms with E-state index in [4.69, 9.17) is 13.9 Å². The lowest BCUT2D eigenvalue weighted by Crippen LogP contribution is -2.39. The molecule has 1 amide bonds. The molecule has 1 aliphatic rings. The van der Waals surface area contributed by atoms with Crippen molar-refractivity contribution in [2.24, 2.45) is 0 Å². The average Bonchev–Trinajstić information content (AvgIpc) is 3.48. The molecular formula is C35H43N3O5.